The standard InChI is InChI=1S/C81H161NO5/c1-3-5-7-9-11-13-15-17-18-19-20-21-22-32-35-38-41-44-47-50-53-57-61-65-69-73-79(84)78(77-83)82-80(85)74-70-66-62-58-54-51-48-45-42-39-36-33-30-28-26-24-23-25-27-29-31-34-37-40-43-46-49-52-56-60-64-68-72-76-87-81(86)75-71-67-63-59-55-16-14-12-10-8-6-4-2/h78-79,83-84H,3-77H2,1-2H3,(H,82,85). The molecule has 87 heavy (non-hydrogen) atoms. The van der Waals surface area contributed by atoms with E-state index in [1.54, 1.807) is 0 Å². The topological polar surface area (TPSA) is 95.9 Å². The molecule has 6 heteroatoms. The molecule has 0 aromatic heterocycles. The first-order chi connectivity index (χ1) is 43.0. The Labute approximate surface area is 547 Å². The van der Waals surface area contributed by atoms with Gasteiger partial charge in [-0.25, -0.2) is 0 Å². The number of nitrogens with one attached hydrogen (secondary N) is 1. The van der Waals surface area contributed by atoms with Gasteiger partial charge in [-0.1, -0.05) is 444 Å². The number of aliphatic hydroxyl groups is 2. The van der Waals surface area contributed by atoms with Gasteiger partial charge in [0.25, 0.3) is 0 Å². The summed E-state index contributed by atoms with van der Waals surface area (Å²) in [6, 6.07) is -0.538. The molecular weight excluding hydrogens is 1070 g/mol. The second kappa shape index (κ2) is 77.3. The van der Waals surface area contributed by atoms with Crippen molar-refractivity contribution in [1.29, 1.82) is 0 Å². The smallest absolute Gasteiger partial charge is 0.305 e. The van der Waals surface area contributed by atoms with Crippen LogP contribution in [0.25, 0.3) is 0 Å². The summed E-state index contributed by atoms with van der Waals surface area (Å²) in [6.45, 7) is 5.02. The van der Waals surface area contributed by atoms with E-state index in [9.17, 15) is 19.8 Å². The molecule has 0 aliphatic carbocycles. The summed E-state index contributed by atoms with van der Waals surface area (Å²) in [5.41, 5.74) is 0. The predicted octanol–water partition coefficient (Wildman–Crippen LogP) is 26.9. The van der Waals surface area contributed by atoms with Crippen LogP contribution in [0.15, 0.2) is 0 Å². The molecular formula is C81H161NO5. The van der Waals surface area contributed by atoms with E-state index in [2.05, 4.69) is 19.2 Å². The lowest BCUT2D eigenvalue weighted by molar-refractivity contribution is -0.143. The molecule has 1 amide bonds. The van der Waals surface area contributed by atoms with Crippen molar-refractivity contribution in [3.05, 3.63) is 0 Å². The SMILES string of the molecule is CCCCCCCCCCCCCCCCCCCCCCCCCCCC(O)C(CO)NC(=O)CCCCCCCCCCCCCCCCCCCCCCCCCCCCCCCCCCCOC(=O)CCCCCCCCCCCCCC. The minimum Gasteiger partial charge on any atom is -0.466 e. The fourth-order valence-electron chi connectivity index (χ4n) is 13.5. The molecule has 0 saturated carbocycles. The lowest BCUT2D eigenvalue weighted by Gasteiger charge is -2.22. The zero-order chi connectivity index (χ0) is 62.8. The Bertz CT molecular complexity index is 1280. The number of hydrogen-bond donors (Lipinski definition) is 3. The average molecular weight is 1230 g/mol. The molecule has 0 aliphatic rings. The van der Waals surface area contributed by atoms with Crippen molar-refractivity contribution in [2.75, 3.05) is 13.2 Å². The molecule has 2 unspecified atom stereocenters. The van der Waals surface area contributed by atoms with Crippen molar-refractivity contribution in [3.8, 4) is 0 Å². The quantitative estimate of drug-likeness (QED) is 0.0417. The molecule has 520 valence electrons. The summed E-state index contributed by atoms with van der Waals surface area (Å²) < 4.78 is 5.49. The number of amides is 1. The number of aliphatic hydroxyl groups excluding tert-OH is 2. The Balaban J connectivity index is 3.32. The second-order valence-electron chi connectivity index (χ2n) is 28.5. The van der Waals surface area contributed by atoms with Gasteiger partial charge in [-0.15, -0.1) is 0 Å². The van der Waals surface area contributed by atoms with Gasteiger partial charge in [0.05, 0.1) is 25.4 Å². The minimum absolute atomic E-state index is 0.0233. The average Bonchev–Trinajstić information content (AvgIpc) is 3.52. The summed E-state index contributed by atoms with van der Waals surface area (Å²) in [5, 5.41) is 23.5. The number of hydrogen-bond acceptors (Lipinski definition) is 5. The van der Waals surface area contributed by atoms with Gasteiger partial charge in [0.2, 0.25) is 5.91 Å². The third-order valence-corrected chi connectivity index (χ3v) is 19.7. The number of carbonyl (C=O) groups is 2. The largest absolute Gasteiger partial charge is 0.466 e. The van der Waals surface area contributed by atoms with Crippen molar-refractivity contribution >= 4 is 11.9 Å². The molecule has 0 aromatic rings. The normalized spacial score (nSPS) is 12.4. The van der Waals surface area contributed by atoms with Crippen molar-refractivity contribution < 1.29 is 24.5 Å². The highest BCUT2D eigenvalue weighted by Crippen LogP contribution is 2.21. The third kappa shape index (κ3) is 73.8. The van der Waals surface area contributed by atoms with E-state index in [1.165, 1.54) is 411 Å². The summed E-state index contributed by atoms with van der Waals surface area (Å²) in [4.78, 5) is 24.6. The van der Waals surface area contributed by atoms with Crippen LogP contribution in [0.5, 0.6) is 0 Å². The maximum Gasteiger partial charge on any atom is 0.305 e. The minimum atomic E-state index is -0.662. The van der Waals surface area contributed by atoms with Crippen LogP contribution in [0, 0.1) is 0 Å². The zero-order valence-corrected chi connectivity index (χ0v) is 59.8. The molecule has 0 heterocycles. The Morgan fingerprint density at radius 2 is 0.471 bits per heavy atom. The molecule has 0 aliphatic heterocycles. The monoisotopic (exact) mass is 1230 g/mol. The van der Waals surface area contributed by atoms with Gasteiger partial charge in [0, 0.05) is 12.8 Å². The summed E-state index contributed by atoms with van der Waals surface area (Å²) in [6.07, 6.45) is 96.4. The predicted molar refractivity (Wildman–Crippen MR) is 384 cm³/mol. The van der Waals surface area contributed by atoms with Crippen molar-refractivity contribution in [2.45, 2.75) is 495 Å². The van der Waals surface area contributed by atoms with E-state index >= 15 is 0 Å². The van der Waals surface area contributed by atoms with Crippen molar-refractivity contribution in [3.63, 3.8) is 0 Å². The zero-order valence-electron chi connectivity index (χ0n) is 59.8. The van der Waals surface area contributed by atoms with E-state index in [1.807, 2.05) is 0 Å². The molecule has 0 spiro atoms. The maximum atomic E-state index is 12.6. The fraction of sp³-hybridized carbons (Fsp3) is 0.975. The lowest BCUT2D eigenvalue weighted by atomic mass is 10.0. The third-order valence-electron chi connectivity index (χ3n) is 19.7. The first-order valence-corrected chi connectivity index (χ1v) is 40.8. The fourth-order valence-corrected chi connectivity index (χ4v) is 13.5. The first-order valence-electron chi connectivity index (χ1n) is 40.8. The maximum absolute atomic E-state index is 12.6. The number of ether oxygens (including phenoxy) is 1. The lowest BCUT2D eigenvalue weighted by Crippen LogP contribution is -2.45. The summed E-state index contributed by atoms with van der Waals surface area (Å²) in [5.74, 6) is 0.000652. The van der Waals surface area contributed by atoms with Crippen LogP contribution in [0.2, 0.25) is 0 Å². The van der Waals surface area contributed by atoms with E-state index in [-0.39, 0.29) is 18.5 Å². The molecule has 0 aromatic carbocycles. The first kappa shape index (κ1) is 85.9. The van der Waals surface area contributed by atoms with Crippen LogP contribution in [-0.4, -0.2) is 47.4 Å². The molecule has 6 nitrogen and oxygen atoms in total. The number of carbonyl (C=O) groups excluding carboxylic acids is 2. The summed E-state index contributed by atoms with van der Waals surface area (Å²) in [7, 11) is 0. The molecule has 0 saturated heterocycles. The molecule has 0 rings (SSSR count). The van der Waals surface area contributed by atoms with Crippen molar-refractivity contribution in [1.82, 2.24) is 5.32 Å². The highest BCUT2D eigenvalue weighted by Gasteiger charge is 2.20. The second-order valence-corrected chi connectivity index (χ2v) is 28.5. The van der Waals surface area contributed by atoms with E-state index in [0.717, 1.165) is 38.5 Å². The Morgan fingerprint density at radius 3 is 0.701 bits per heavy atom. The Morgan fingerprint density at radius 1 is 0.276 bits per heavy atom. The molecule has 2 atom stereocenters. The number of unbranched alkanes of at least 4 members (excludes halogenated alkanes) is 67. The van der Waals surface area contributed by atoms with Gasteiger partial charge < -0.3 is 20.3 Å². The molecule has 0 radical (unpaired) electrons. The highest BCUT2D eigenvalue weighted by molar-refractivity contribution is 5.76. The van der Waals surface area contributed by atoms with Gasteiger partial charge in [-0.3, -0.25) is 9.59 Å². The molecule has 3 N–H and O–H groups in total. The van der Waals surface area contributed by atoms with Gasteiger partial charge in [-0.05, 0) is 25.7 Å². The van der Waals surface area contributed by atoms with Crippen LogP contribution < -0.4 is 5.32 Å². The molecule has 0 fully saturated rings. The van der Waals surface area contributed by atoms with E-state index < -0.39 is 12.1 Å². The highest BCUT2D eigenvalue weighted by atomic mass is 16.5. The summed E-state index contributed by atoms with van der Waals surface area (Å²) >= 11 is 0. The van der Waals surface area contributed by atoms with Crippen LogP contribution in [0.4, 0.5) is 0 Å². The number of esters is 1. The van der Waals surface area contributed by atoms with Crippen molar-refractivity contribution in [2.24, 2.45) is 0 Å². The van der Waals surface area contributed by atoms with E-state index in [0.29, 0.717) is 25.9 Å². The van der Waals surface area contributed by atoms with Gasteiger partial charge in [0.15, 0.2) is 0 Å². The van der Waals surface area contributed by atoms with Crippen LogP contribution >= 0.6 is 0 Å². The van der Waals surface area contributed by atoms with Gasteiger partial charge in [0.1, 0.15) is 0 Å². The van der Waals surface area contributed by atoms with E-state index in [4.69, 9.17) is 4.74 Å². The Kier molecular flexibility index (Phi) is 76.3. The van der Waals surface area contributed by atoms with Crippen LogP contribution in [0.1, 0.15) is 483 Å². The van der Waals surface area contributed by atoms with Crippen LogP contribution in [0.3, 0.4) is 0 Å². The number of rotatable bonds is 78. The van der Waals surface area contributed by atoms with Gasteiger partial charge in [-0.2, -0.15) is 0 Å². The van der Waals surface area contributed by atoms with Crippen LogP contribution in [-0.2, 0) is 14.3 Å². The van der Waals surface area contributed by atoms with Gasteiger partial charge >= 0.3 is 5.97 Å². The Hall–Kier alpha value is -1.14. The molecule has 0 bridgehead atoms.